The second kappa shape index (κ2) is 4.27. The molecule has 0 saturated heterocycles. The molecule has 1 rings (SSSR count). The normalized spacial score (nSPS) is 12.9. The number of carboxylic acids is 1. The third-order valence-electron chi connectivity index (χ3n) is 2.45. The van der Waals surface area contributed by atoms with E-state index in [4.69, 9.17) is 5.11 Å². The first-order chi connectivity index (χ1) is 6.52. The Morgan fingerprint density at radius 2 is 1.79 bits per heavy atom. The third-order valence-corrected chi connectivity index (χ3v) is 2.45. The SMILES string of the molecule is CC(C)c1cccc([C@H](C)C(=O)O)c1. The molecule has 0 unspecified atom stereocenters. The molecule has 0 aliphatic heterocycles. The molecule has 0 radical (unpaired) electrons. The summed E-state index contributed by atoms with van der Waals surface area (Å²) >= 11 is 0. The summed E-state index contributed by atoms with van der Waals surface area (Å²) in [6.45, 7) is 5.91. The van der Waals surface area contributed by atoms with Gasteiger partial charge in [-0.3, -0.25) is 4.79 Å². The van der Waals surface area contributed by atoms with E-state index in [0.717, 1.165) is 5.56 Å². The molecule has 2 heteroatoms. The Bertz CT molecular complexity index is 329. The topological polar surface area (TPSA) is 37.3 Å². The molecule has 2 nitrogen and oxygen atoms in total. The van der Waals surface area contributed by atoms with Gasteiger partial charge in [0.2, 0.25) is 0 Å². The maximum atomic E-state index is 10.8. The summed E-state index contributed by atoms with van der Waals surface area (Å²) in [4.78, 5) is 10.8. The van der Waals surface area contributed by atoms with Crippen LogP contribution in [0.25, 0.3) is 0 Å². The van der Waals surface area contributed by atoms with E-state index >= 15 is 0 Å². The van der Waals surface area contributed by atoms with E-state index in [-0.39, 0.29) is 0 Å². The maximum Gasteiger partial charge on any atom is 0.310 e. The predicted molar refractivity (Wildman–Crippen MR) is 56.6 cm³/mol. The molecule has 0 fully saturated rings. The smallest absolute Gasteiger partial charge is 0.310 e. The first-order valence-corrected chi connectivity index (χ1v) is 4.85. The second-order valence-corrected chi connectivity index (χ2v) is 3.88. The number of benzene rings is 1. The van der Waals surface area contributed by atoms with Crippen LogP contribution in [0, 0.1) is 0 Å². The summed E-state index contributed by atoms with van der Waals surface area (Å²) < 4.78 is 0. The van der Waals surface area contributed by atoms with Gasteiger partial charge in [-0.1, -0.05) is 38.1 Å². The van der Waals surface area contributed by atoms with Crippen LogP contribution in [0.2, 0.25) is 0 Å². The average Bonchev–Trinajstić information content (AvgIpc) is 2.16. The molecule has 0 bridgehead atoms. The molecule has 1 aromatic rings. The number of hydrogen-bond donors (Lipinski definition) is 1. The highest BCUT2D eigenvalue weighted by molar-refractivity contribution is 5.75. The van der Waals surface area contributed by atoms with Crippen molar-refractivity contribution < 1.29 is 9.90 Å². The average molecular weight is 192 g/mol. The molecule has 1 atom stereocenters. The van der Waals surface area contributed by atoms with Gasteiger partial charge in [-0.2, -0.15) is 0 Å². The molecule has 14 heavy (non-hydrogen) atoms. The van der Waals surface area contributed by atoms with E-state index in [0.29, 0.717) is 5.92 Å². The summed E-state index contributed by atoms with van der Waals surface area (Å²) in [7, 11) is 0. The first-order valence-electron chi connectivity index (χ1n) is 4.85. The van der Waals surface area contributed by atoms with Crippen LogP contribution in [-0.2, 0) is 4.79 Å². The van der Waals surface area contributed by atoms with Gasteiger partial charge in [0.1, 0.15) is 0 Å². The van der Waals surface area contributed by atoms with Crippen molar-refractivity contribution >= 4 is 5.97 Å². The number of hydrogen-bond acceptors (Lipinski definition) is 1. The minimum Gasteiger partial charge on any atom is -0.481 e. The van der Waals surface area contributed by atoms with Crippen LogP contribution in [0.4, 0.5) is 0 Å². The molecule has 0 aliphatic carbocycles. The van der Waals surface area contributed by atoms with Crippen molar-refractivity contribution in [3.63, 3.8) is 0 Å². The van der Waals surface area contributed by atoms with E-state index in [1.54, 1.807) is 6.92 Å². The summed E-state index contributed by atoms with van der Waals surface area (Å²) in [6, 6.07) is 7.79. The minimum absolute atomic E-state index is 0.423. The molecule has 0 aliphatic rings. The Balaban J connectivity index is 2.99. The summed E-state index contributed by atoms with van der Waals surface area (Å²) in [6.07, 6.45) is 0. The zero-order valence-corrected chi connectivity index (χ0v) is 8.82. The lowest BCUT2D eigenvalue weighted by Gasteiger charge is -2.10. The van der Waals surface area contributed by atoms with Crippen molar-refractivity contribution in [2.45, 2.75) is 32.6 Å². The molecule has 0 aromatic heterocycles. The van der Waals surface area contributed by atoms with Crippen LogP contribution >= 0.6 is 0 Å². The quantitative estimate of drug-likeness (QED) is 0.799. The highest BCUT2D eigenvalue weighted by Gasteiger charge is 2.13. The van der Waals surface area contributed by atoms with Crippen molar-refractivity contribution in [2.75, 3.05) is 0 Å². The fourth-order valence-electron chi connectivity index (χ4n) is 1.33. The molecule has 0 spiro atoms. The highest BCUT2D eigenvalue weighted by atomic mass is 16.4. The molecule has 1 N–H and O–H groups in total. The van der Waals surface area contributed by atoms with E-state index in [2.05, 4.69) is 13.8 Å². The molecule has 0 heterocycles. The lowest BCUT2D eigenvalue weighted by molar-refractivity contribution is -0.138. The Labute approximate surface area is 84.6 Å². The summed E-state index contributed by atoms with van der Waals surface area (Å²) in [5, 5.41) is 8.86. The van der Waals surface area contributed by atoms with Crippen molar-refractivity contribution in [1.29, 1.82) is 0 Å². The van der Waals surface area contributed by atoms with Gasteiger partial charge in [-0.15, -0.1) is 0 Å². The van der Waals surface area contributed by atoms with Gasteiger partial charge < -0.3 is 5.11 Å². The summed E-state index contributed by atoms with van der Waals surface area (Å²) in [5.41, 5.74) is 2.07. The zero-order chi connectivity index (χ0) is 10.7. The number of aliphatic carboxylic acids is 1. The molecule has 0 saturated carbocycles. The number of rotatable bonds is 3. The Morgan fingerprint density at radius 1 is 1.21 bits per heavy atom. The Morgan fingerprint density at radius 3 is 2.29 bits per heavy atom. The zero-order valence-electron chi connectivity index (χ0n) is 8.82. The van der Waals surface area contributed by atoms with E-state index in [1.165, 1.54) is 5.56 Å². The fraction of sp³-hybridized carbons (Fsp3) is 0.417. The lowest BCUT2D eigenvalue weighted by Crippen LogP contribution is -2.07. The van der Waals surface area contributed by atoms with E-state index in [1.807, 2.05) is 24.3 Å². The summed E-state index contributed by atoms with van der Waals surface area (Å²) in [5.74, 6) is -0.754. The van der Waals surface area contributed by atoms with Crippen LogP contribution in [0.3, 0.4) is 0 Å². The molecular formula is C12H16O2. The van der Waals surface area contributed by atoms with Crippen LogP contribution in [-0.4, -0.2) is 11.1 Å². The van der Waals surface area contributed by atoms with Crippen LogP contribution in [0.5, 0.6) is 0 Å². The number of carboxylic acid groups (broad SMARTS) is 1. The van der Waals surface area contributed by atoms with E-state index < -0.39 is 11.9 Å². The van der Waals surface area contributed by atoms with E-state index in [9.17, 15) is 4.79 Å². The van der Waals surface area contributed by atoms with Gasteiger partial charge in [-0.05, 0) is 24.0 Å². The second-order valence-electron chi connectivity index (χ2n) is 3.88. The van der Waals surface area contributed by atoms with Crippen LogP contribution in [0.1, 0.15) is 43.7 Å². The van der Waals surface area contributed by atoms with Gasteiger partial charge in [0, 0.05) is 0 Å². The Kier molecular flexibility index (Phi) is 3.28. The standard InChI is InChI=1S/C12H16O2/c1-8(2)10-5-4-6-11(7-10)9(3)12(13)14/h4-9H,1-3H3,(H,13,14)/t9-/m0/s1. The van der Waals surface area contributed by atoms with Crippen LogP contribution in [0.15, 0.2) is 24.3 Å². The van der Waals surface area contributed by atoms with Gasteiger partial charge in [-0.25, -0.2) is 0 Å². The molecule has 0 amide bonds. The molecular weight excluding hydrogens is 176 g/mol. The van der Waals surface area contributed by atoms with Crippen molar-refractivity contribution in [3.05, 3.63) is 35.4 Å². The van der Waals surface area contributed by atoms with Crippen molar-refractivity contribution in [1.82, 2.24) is 0 Å². The highest BCUT2D eigenvalue weighted by Crippen LogP contribution is 2.21. The van der Waals surface area contributed by atoms with Gasteiger partial charge >= 0.3 is 5.97 Å². The lowest BCUT2D eigenvalue weighted by atomic mass is 9.95. The maximum absolute atomic E-state index is 10.8. The monoisotopic (exact) mass is 192 g/mol. The molecule has 1 aromatic carbocycles. The predicted octanol–water partition coefficient (Wildman–Crippen LogP) is 3.00. The van der Waals surface area contributed by atoms with Crippen molar-refractivity contribution in [3.8, 4) is 0 Å². The Hall–Kier alpha value is -1.31. The third kappa shape index (κ3) is 2.34. The number of carbonyl (C=O) groups is 1. The van der Waals surface area contributed by atoms with Gasteiger partial charge in [0.05, 0.1) is 5.92 Å². The first kappa shape index (κ1) is 10.8. The van der Waals surface area contributed by atoms with Gasteiger partial charge in [0.25, 0.3) is 0 Å². The van der Waals surface area contributed by atoms with Crippen LogP contribution < -0.4 is 0 Å². The molecule has 76 valence electrons. The fourth-order valence-corrected chi connectivity index (χ4v) is 1.33. The largest absolute Gasteiger partial charge is 0.481 e. The van der Waals surface area contributed by atoms with Crippen molar-refractivity contribution in [2.24, 2.45) is 0 Å². The van der Waals surface area contributed by atoms with Gasteiger partial charge in [0.15, 0.2) is 0 Å². The minimum atomic E-state index is -0.772.